The van der Waals surface area contributed by atoms with Gasteiger partial charge in [-0.05, 0) is 41.0 Å². The number of carbonyl (C=O) groups is 2. The quantitative estimate of drug-likeness (QED) is 0.225. The van der Waals surface area contributed by atoms with Gasteiger partial charge in [0.2, 0.25) is 13.6 Å². The van der Waals surface area contributed by atoms with Crippen LogP contribution in [0.25, 0.3) is 11.2 Å². The van der Waals surface area contributed by atoms with Gasteiger partial charge in [-0.1, -0.05) is 6.92 Å². The Hall–Kier alpha value is -3.00. The number of ether oxygens (including phenoxy) is 5. The molecule has 0 saturated heterocycles. The van der Waals surface area contributed by atoms with Gasteiger partial charge < -0.3 is 34.4 Å². The monoisotopic (exact) mass is 535 g/mol. The van der Waals surface area contributed by atoms with E-state index >= 15 is 0 Å². The maximum atomic E-state index is 12.6. The van der Waals surface area contributed by atoms with E-state index in [2.05, 4.69) is 29.4 Å². The third kappa shape index (κ3) is 12.6. The summed E-state index contributed by atoms with van der Waals surface area (Å²) >= 11 is 0. The zero-order valence-electron chi connectivity index (χ0n) is 21.2. The standard InChI is InChI=1S/C15H29O10P.C5H5N5/c1-7-13(6)21-10-26(18,22-8-19-14(16)24-11(2)3)23-9-20-15(17)25-12(4)5;6-4-3-5(9-1-7-3)10-2-8-4/h11-13H,7-10H2,1-6H3;1-2H,(H3,6,7,8,9,10)/t13-;/m1./s1. The average molecular weight is 535 g/mol. The van der Waals surface area contributed by atoms with Crippen molar-refractivity contribution in [1.29, 1.82) is 0 Å². The number of rotatable bonds is 12. The number of aromatic amines is 1. The van der Waals surface area contributed by atoms with Crippen LogP contribution in [0.2, 0.25) is 0 Å². The predicted octanol–water partition coefficient (Wildman–Crippen LogP) is 3.96. The molecule has 16 heteroatoms. The summed E-state index contributed by atoms with van der Waals surface area (Å²) in [6.45, 7) is 8.87. The molecule has 1 atom stereocenters. The maximum Gasteiger partial charge on any atom is 0.510 e. The van der Waals surface area contributed by atoms with Gasteiger partial charge in [-0.2, -0.15) is 0 Å². The van der Waals surface area contributed by atoms with Gasteiger partial charge in [0.25, 0.3) is 0 Å². The third-order valence-electron chi connectivity index (χ3n) is 3.86. The number of aromatic nitrogens is 4. The summed E-state index contributed by atoms with van der Waals surface area (Å²) in [5, 5.41) is 0. The summed E-state index contributed by atoms with van der Waals surface area (Å²) in [7, 11) is -3.86. The molecule has 0 spiro atoms. The Labute approximate surface area is 208 Å². The number of hydrogen-bond acceptors (Lipinski definition) is 14. The number of nitrogens with one attached hydrogen (secondary N) is 1. The van der Waals surface area contributed by atoms with E-state index in [1.54, 1.807) is 34.6 Å². The molecule has 2 heterocycles. The highest BCUT2D eigenvalue weighted by Gasteiger charge is 2.28. The first-order valence-corrected chi connectivity index (χ1v) is 12.7. The van der Waals surface area contributed by atoms with E-state index in [0.717, 1.165) is 0 Å². The van der Waals surface area contributed by atoms with Crippen LogP contribution >= 0.6 is 7.60 Å². The highest BCUT2D eigenvalue weighted by Crippen LogP contribution is 2.48. The summed E-state index contributed by atoms with van der Waals surface area (Å²) in [6, 6.07) is 0. The minimum atomic E-state index is -3.86. The van der Waals surface area contributed by atoms with Crippen LogP contribution in [0.4, 0.5) is 15.4 Å². The van der Waals surface area contributed by atoms with Crippen molar-refractivity contribution in [3.05, 3.63) is 12.7 Å². The predicted molar refractivity (Wildman–Crippen MR) is 127 cm³/mol. The molecule has 2 rings (SSSR count). The largest absolute Gasteiger partial charge is 0.510 e. The Balaban J connectivity index is 0.000000526. The molecule has 2 aromatic heterocycles. The molecule has 3 N–H and O–H groups in total. The summed E-state index contributed by atoms with van der Waals surface area (Å²) in [5.74, 6) is 0.433. The number of H-pyrrole nitrogens is 1. The van der Waals surface area contributed by atoms with Crippen molar-refractivity contribution in [2.45, 2.75) is 66.3 Å². The molecule has 0 fully saturated rings. The average Bonchev–Trinajstić information content (AvgIpc) is 3.27. The Kier molecular flexibility index (Phi) is 13.7. The van der Waals surface area contributed by atoms with Gasteiger partial charge in [0.05, 0.1) is 24.6 Å². The highest BCUT2D eigenvalue weighted by molar-refractivity contribution is 7.53. The van der Waals surface area contributed by atoms with Crippen LogP contribution in [0.15, 0.2) is 12.7 Å². The molecular formula is C20H34N5O10P. The minimum Gasteiger partial charge on any atom is -0.432 e. The SMILES string of the molecule is CC[C@@H](C)OCP(=O)(OCOC(=O)OC(C)C)OCOC(=O)OC(C)C.Nc1ncnc2nc[nH]c12. The van der Waals surface area contributed by atoms with Gasteiger partial charge in [0, 0.05) is 0 Å². The number of nitrogen functional groups attached to an aromatic ring is 1. The second-order valence-corrected chi connectivity index (χ2v) is 9.60. The van der Waals surface area contributed by atoms with Gasteiger partial charge >= 0.3 is 19.9 Å². The van der Waals surface area contributed by atoms with Crippen LogP contribution in [0.1, 0.15) is 48.0 Å². The summed E-state index contributed by atoms with van der Waals surface area (Å²) in [4.78, 5) is 36.9. The van der Waals surface area contributed by atoms with Gasteiger partial charge in [0.15, 0.2) is 11.5 Å². The topological polar surface area (TPSA) is 196 Å². The molecule has 15 nitrogen and oxygen atoms in total. The summed E-state index contributed by atoms with van der Waals surface area (Å²) in [6.07, 6.45) is 0.279. The van der Waals surface area contributed by atoms with E-state index in [9.17, 15) is 14.2 Å². The second-order valence-electron chi connectivity index (χ2n) is 7.60. The molecule has 36 heavy (non-hydrogen) atoms. The lowest BCUT2D eigenvalue weighted by Crippen LogP contribution is -2.18. The van der Waals surface area contributed by atoms with Gasteiger partial charge in [-0.15, -0.1) is 0 Å². The first-order valence-electron chi connectivity index (χ1n) is 11.0. The van der Waals surface area contributed by atoms with Crippen molar-refractivity contribution in [2.75, 3.05) is 25.7 Å². The number of anilines is 1. The Morgan fingerprint density at radius 2 is 1.53 bits per heavy atom. The minimum absolute atomic E-state index is 0.200. The number of imidazole rings is 1. The Bertz CT molecular complexity index is 955. The number of fused-ring (bicyclic) bond motifs is 1. The van der Waals surface area contributed by atoms with Gasteiger partial charge in [-0.25, -0.2) is 24.5 Å². The van der Waals surface area contributed by atoms with Crippen LogP contribution in [-0.4, -0.2) is 70.5 Å². The molecule has 204 valence electrons. The van der Waals surface area contributed by atoms with E-state index in [-0.39, 0.29) is 18.3 Å². The fourth-order valence-electron chi connectivity index (χ4n) is 1.99. The molecule has 0 aromatic carbocycles. The molecule has 0 aliphatic carbocycles. The molecule has 0 aliphatic heterocycles. The fraction of sp³-hybridized carbons (Fsp3) is 0.650. The number of hydrogen-bond donors (Lipinski definition) is 2. The molecular weight excluding hydrogens is 501 g/mol. The third-order valence-corrected chi connectivity index (χ3v) is 5.32. The van der Waals surface area contributed by atoms with Crippen molar-refractivity contribution < 1.29 is 46.9 Å². The molecule has 0 amide bonds. The smallest absolute Gasteiger partial charge is 0.432 e. The molecule has 0 aliphatic rings. The first-order chi connectivity index (χ1) is 17.0. The van der Waals surface area contributed by atoms with Crippen LogP contribution in [0, 0.1) is 0 Å². The lowest BCUT2D eigenvalue weighted by molar-refractivity contribution is -0.0365. The molecule has 2 aromatic rings. The Morgan fingerprint density at radius 3 is 2.00 bits per heavy atom. The molecule has 0 saturated carbocycles. The maximum absolute atomic E-state index is 12.6. The molecule has 0 unspecified atom stereocenters. The van der Waals surface area contributed by atoms with E-state index in [1.165, 1.54) is 12.7 Å². The van der Waals surface area contributed by atoms with E-state index < -0.39 is 39.8 Å². The summed E-state index contributed by atoms with van der Waals surface area (Å²) < 4.78 is 46.7. The lowest BCUT2D eigenvalue weighted by atomic mass is 10.3. The van der Waals surface area contributed by atoms with Crippen LogP contribution in [0.5, 0.6) is 0 Å². The number of carbonyl (C=O) groups excluding carboxylic acids is 2. The lowest BCUT2D eigenvalue weighted by Gasteiger charge is -2.20. The zero-order chi connectivity index (χ0) is 27.1. The number of nitrogens with zero attached hydrogens (tertiary/aromatic N) is 3. The normalized spacial score (nSPS) is 12.1. The van der Waals surface area contributed by atoms with Crippen molar-refractivity contribution in [2.24, 2.45) is 0 Å². The molecule has 0 bridgehead atoms. The Morgan fingerprint density at radius 1 is 0.972 bits per heavy atom. The van der Waals surface area contributed by atoms with E-state index in [4.69, 9.17) is 29.0 Å². The fourth-order valence-corrected chi connectivity index (χ4v) is 3.08. The molecule has 0 radical (unpaired) electrons. The van der Waals surface area contributed by atoms with E-state index in [0.29, 0.717) is 23.4 Å². The van der Waals surface area contributed by atoms with Gasteiger partial charge in [-0.3, -0.25) is 13.6 Å². The van der Waals surface area contributed by atoms with Crippen molar-refractivity contribution in [3.63, 3.8) is 0 Å². The first kappa shape index (κ1) is 31.0. The van der Waals surface area contributed by atoms with Crippen LogP contribution in [0.3, 0.4) is 0 Å². The summed E-state index contributed by atoms with van der Waals surface area (Å²) in [5.41, 5.74) is 6.78. The van der Waals surface area contributed by atoms with Crippen LogP contribution in [-0.2, 0) is 37.3 Å². The van der Waals surface area contributed by atoms with Crippen molar-refractivity contribution in [1.82, 2.24) is 19.9 Å². The van der Waals surface area contributed by atoms with Crippen LogP contribution < -0.4 is 5.73 Å². The number of nitrogens with two attached hydrogens (primary N) is 1. The van der Waals surface area contributed by atoms with Gasteiger partial charge in [0.1, 0.15) is 18.2 Å². The van der Waals surface area contributed by atoms with Crippen molar-refractivity contribution in [3.8, 4) is 0 Å². The van der Waals surface area contributed by atoms with E-state index in [1.807, 2.05) is 6.92 Å². The van der Waals surface area contributed by atoms with Crippen molar-refractivity contribution >= 4 is 36.9 Å². The second kappa shape index (κ2) is 15.9. The highest BCUT2D eigenvalue weighted by atomic mass is 31.2. The zero-order valence-corrected chi connectivity index (χ0v) is 22.1.